The van der Waals surface area contributed by atoms with E-state index < -0.39 is 8.32 Å². The Hall–Kier alpha value is -3.72. The first-order valence-corrected chi connectivity index (χ1v) is 16.1. The van der Waals surface area contributed by atoms with Crippen molar-refractivity contribution in [2.75, 3.05) is 6.61 Å². The SMILES string of the molecule is CC(CCCO[Si](c1ccccc1)(c1ccccc1)c1ccccc1)(C1C=CC=C1)C1C=Cc2ccccc21. The second kappa shape index (κ2) is 11.2. The van der Waals surface area contributed by atoms with E-state index in [4.69, 9.17) is 4.43 Å². The Morgan fingerprint density at radius 1 is 0.641 bits per heavy atom. The molecule has 2 heteroatoms. The van der Waals surface area contributed by atoms with Gasteiger partial charge in [-0.05, 0) is 44.9 Å². The summed E-state index contributed by atoms with van der Waals surface area (Å²) in [4.78, 5) is 0. The second-order valence-corrected chi connectivity index (χ2v) is 14.4. The Labute approximate surface area is 234 Å². The third kappa shape index (κ3) is 4.80. The Bertz CT molecular complexity index is 1360. The number of rotatable bonds is 10. The quantitative estimate of drug-likeness (QED) is 0.123. The molecule has 1 nitrogen and oxygen atoms in total. The van der Waals surface area contributed by atoms with E-state index in [0.717, 1.165) is 19.4 Å². The summed E-state index contributed by atoms with van der Waals surface area (Å²) in [6.45, 7) is 3.20. The van der Waals surface area contributed by atoms with E-state index in [-0.39, 0.29) is 5.41 Å². The van der Waals surface area contributed by atoms with Crippen LogP contribution in [0.5, 0.6) is 0 Å². The molecule has 39 heavy (non-hydrogen) atoms. The lowest BCUT2D eigenvalue weighted by molar-refractivity contribution is 0.189. The molecule has 194 valence electrons. The lowest BCUT2D eigenvalue weighted by atomic mass is 9.64. The topological polar surface area (TPSA) is 9.23 Å². The molecule has 4 aromatic carbocycles. The second-order valence-electron chi connectivity index (χ2n) is 11.0. The van der Waals surface area contributed by atoms with Crippen molar-refractivity contribution in [2.24, 2.45) is 11.3 Å². The molecule has 2 unspecified atom stereocenters. The lowest BCUT2D eigenvalue weighted by Crippen LogP contribution is -2.69. The summed E-state index contributed by atoms with van der Waals surface area (Å²) in [5.41, 5.74) is 2.89. The predicted molar refractivity (Wildman–Crippen MR) is 167 cm³/mol. The van der Waals surface area contributed by atoms with Gasteiger partial charge in [0, 0.05) is 18.4 Å². The van der Waals surface area contributed by atoms with Gasteiger partial charge < -0.3 is 4.43 Å². The molecule has 0 saturated heterocycles. The van der Waals surface area contributed by atoms with Crippen molar-refractivity contribution >= 4 is 30.0 Å². The van der Waals surface area contributed by atoms with Gasteiger partial charge in [-0.1, -0.05) is 159 Å². The van der Waals surface area contributed by atoms with Crippen molar-refractivity contribution in [3.63, 3.8) is 0 Å². The summed E-state index contributed by atoms with van der Waals surface area (Å²) in [5, 5.41) is 3.87. The molecule has 2 atom stereocenters. The van der Waals surface area contributed by atoms with E-state index >= 15 is 0 Å². The normalized spacial score (nSPS) is 17.8. The van der Waals surface area contributed by atoms with Crippen molar-refractivity contribution in [3.8, 4) is 0 Å². The minimum Gasteiger partial charge on any atom is -0.404 e. The van der Waals surface area contributed by atoms with Gasteiger partial charge in [0.2, 0.25) is 0 Å². The highest BCUT2D eigenvalue weighted by molar-refractivity contribution is 7.07. The lowest BCUT2D eigenvalue weighted by Gasteiger charge is -2.40. The molecule has 6 rings (SSSR count). The van der Waals surface area contributed by atoms with Crippen LogP contribution in [0.3, 0.4) is 0 Å². The van der Waals surface area contributed by atoms with Crippen molar-refractivity contribution in [1.82, 2.24) is 0 Å². The minimum atomic E-state index is -2.68. The molecule has 0 amide bonds. The maximum absolute atomic E-state index is 7.26. The molecule has 2 aliphatic carbocycles. The van der Waals surface area contributed by atoms with Gasteiger partial charge in [-0.3, -0.25) is 0 Å². The fourth-order valence-electron chi connectivity index (χ4n) is 6.67. The fourth-order valence-corrected chi connectivity index (χ4v) is 10.6. The summed E-state index contributed by atoms with van der Waals surface area (Å²) in [6.07, 6.45) is 16.0. The van der Waals surface area contributed by atoms with Gasteiger partial charge >= 0.3 is 0 Å². The van der Waals surface area contributed by atoms with Gasteiger partial charge in [0.1, 0.15) is 0 Å². The average Bonchev–Trinajstić information content (AvgIpc) is 3.70. The molecule has 2 aliphatic rings. The Morgan fingerprint density at radius 3 is 1.72 bits per heavy atom. The van der Waals surface area contributed by atoms with Crippen molar-refractivity contribution < 1.29 is 4.43 Å². The Kier molecular flexibility index (Phi) is 7.32. The molecule has 0 saturated carbocycles. The van der Waals surface area contributed by atoms with Crippen LogP contribution in [0.1, 0.15) is 36.8 Å². The number of hydrogen-bond acceptors (Lipinski definition) is 1. The van der Waals surface area contributed by atoms with E-state index in [0.29, 0.717) is 11.8 Å². The summed E-state index contributed by atoms with van der Waals surface area (Å²) < 4.78 is 7.26. The smallest absolute Gasteiger partial charge is 0.288 e. The maximum Gasteiger partial charge on any atom is 0.288 e. The van der Waals surface area contributed by atoms with Crippen molar-refractivity contribution in [3.05, 3.63) is 157 Å². The molecule has 0 radical (unpaired) electrons. The van der Waals surface area contributed by atoms with Crippen LogP contribution >= 0.6 is 0 Å². The maximum atomic E-state index is 7.26. The van der Waals surface area contributed by atoms with E-state index in [2.05, 4.69) is 159 Å². The standard InChI is InChI=1S/C37H36OSi/c1-37(31-17-12-13-18-31,36-27-26-30-16-11-14-25-35(30)36)28-15-29-38-39(32-19-5-2-6-20-32,33-21-7-3-8-22-33)34-23-9-4-10-24-34/h2-14,16-27,31,36H,15,28-29H2,1H3. The largest absolute Gasteiger partial charge is 0.404 e. The van der Waals surface area contributed by atoms with Crippen molar-refractivity contribution in [2.45, 2.75) is 25.7 Å². The molecule has 4 aromatic rings. The van der Waals surface area contributed by atoms with Gasteiger partial charge in [0.05, 0.1) is 0 Å². The molecule has 0 bridgehead atoms. The molecule has 0 N–H and O–H groups in total. The van der Waals surface area contributed by atoms with Crippen LogP contribution < -0.4 is 15.6 Å². The Balaban J connectivity index is 1.31. The van der Waals surface area contributed by atoms with Crippen molar-refractivity contribution in [1.29, 1.82) is 0 Å². The highest BCUT2D eigenvalue weighted by Crippen LogP contribution is 2.51. The highest BCUT2D eigenvalue weighted by atomic mass is 28.4. The minimum absolute atomic E-state index is 0.0758. The fraction of sp³-hybridized carbons (Fsp3) is 0.189. The Morgan fingerprint density at radius 2 is 1.15 bits per heavy atom. The zero-order chi connectivity index (χ0) is 26.5. The van der Waals surface area contributed by atoms with E-state index in [1.54, 1.807) is 0 Å². The van der Waals surface area contributed by atoms with Gasteiger partial charge in [-0.15, -0.1) is 0 Å². The van der Waals surface area contributed by atoms with E-state index in [9.17, 15) is 0 Å². The van der Waals surface area contributed by atoms with E-state index in [1.165, 1.54) is 26.7 Å². The van der Waals surface area contributed by atoms with Crippen LogP contribution in [0.4, 0.5) is 0 Å². The summed E-state index contributed by atoms with van der Waals surface area (Å²) >= 11 is 0. The highest BCUT2D eigenvalue weighted by Gasteiger charge is 2.43. The van der Waals surface area contributed by atoms with Crippen LogP contribution in [0.15, 0.2) is 146 Å². The number of hydrogen-bond donors (Lipinski definition) is 0. The monoisotopic (exact) mass is 524 g/mol. The number of allylic oxidation sites excluding steroid dienone is 5. The number of fused-ring (bicyclic) bond motifs is 1. The van der Waals surface area contributed by atoms with Gasteiger partial charge in [-0.2, -0.15) is 0 Å². The van der Waals surface area contributed by atoms with Crippen LogP contribution in [0.25, 0.3) is 6.08 Å². The molecule has 0 aromatic heterocycles. The summed E-state index contributed by atoms with van der Waals surface area (Å²) in [7, 11) is -2.68. The van der Waals surface area contributed by atoms with Gasteiger partial charge in [0.15, 0.2) is 0 Å². The zero-order valence-electron chi connectivity index (χ0n) is 22.6. The first-order chi connectivity index (χ1) is 19.2. The summed E-state index contributed by atoms with van der Waals surface area (Å²) in [5.74, 6) is 0.808. The third-order valence-corrected chi connectivity index (χ3v) is 12.8. The first kappa shape index (κ1) is 25.5. The third-order valence-electron chi connectivity index (χ3n) is 8.74. The molecular formula is C37H36OSi. The van der Waals surface area contributed by atoms with Gasteiger partial charge in [0.25, 0.3) is 8.32 Å². The molecule has 0 heterocycles. The predicted octanol–water partition coefficient (Wildman–Crippen LogP) is 7.01. The zero-order valence-corrected chi connectivity index (χ0v) is 23.6. The molecule has 0 fully saturated rings. The van der Waals surface area contributed by atoms with Gasteiger partial charge in [-0.25, -0.2) is 0 Å². The van der Waals surface area contributed by atoms with Crippen LogP contribution in [0.2, 0.25) is 0 Å². The van der Waals surface area contributed by atoms with Crippen LogP contribution in [-0.4, -0.2) is 14.9 Å². The number of benzene rings is 4. The van der Waals surface area contributed by atoms with Crippen LogP contribution in [0, 0.1) is 11.3 Å². The molecule has 0 spiro atoms. The molecule has 0 aliphatic heterocycles. The van der Waals surface area contributed by atoms with E-state index in [1.807, 2.05) is 0 Å². The average molecular weight is 525 g/mol. The molecular weight excluding hydrogens is 488 g/mol. The van der Waals surface area contributed by atoms with Crippen LogP contribution in [-0.2, 0) is 4.43 Å². The summed E-state index contributed by atoms with van der Waals surface area (Å²) in [6, 6.07) is 41.6. The first-order valence-electron chi connectivity index (χ1n) is 14.1.